The van der Waals surface area contributed by atoms with Gasteiger partial charge in [0.05, 0.1) is 10.6 Å². The van der Waals surface area contributed by atoms with Gasteiger partial charge in [0, 0.05) is 25.0 Å². The van der Waals surface area contributed by atoms with Gasteiger partial charge in [0.25, 0.3) is 5.91 Å². The van der Waals surface area contributed by atoms with Crippen LogP contribution in [-0.2, 0) is 0 Å². The Morgan fingerprint density at radius 3 is 3.17 bits per heavy atom. The molecule has 1 saturated heterocycles. The molecule has 0 aliphatic carbocycles. The monoisotopic (exact) mass is 285 g/mol. The Hall–Kier alpha value is -0.940. The molecule has 2 N–H and O–H groups in total. The van der Waals surface area contributed by atoms with Gasteiger partial charge >= 0.3 is 0 Å². The molecule has 1 aliphatic heterocycles. The third-order valence-corrected chi connectivity index (χ3v) is 4.57. The molecule has 98 valence electrons. The van der Waals surface area contributed by atoms with Gasteiger partial charge in [-0.1, -0.05) is 11.6 Å². The van der Waals surface area contributed by atoms with Crippen molar-refractivity contribution in [3.05, 3.63) is 22.8 Å². The van der Waals surface area contributed by atoms with Gasteiger partial charge in [-0.05, 0) is 24.7 Å². The Bertz CT molecular complexity index is 435. The normalized spacial score (nSPS) is 18.7. The van der Waals surface area contributed by atoms with Crippen molar-refractivity contribution in [3.8, 4) is 0 Å². The number of thioether (sulfide) groups is 1. The number of hydrogen-bond donors (Lipinski definition) is 2. The van der Waals surface area contributed by atoms with Crippen LogP contribution in [0.3, 0.4) is 0 Å². The Balaban J connectivity index is 1.98. The fourth-order valence-corrected chi connectivity index (χ4v) is 3.25. The molecule has 1 aliphatic rings. The predicted octanol–water partition coefficient (Wildman–Crippen LogP) is 2.40. The summed E-state index contributed by atoms with van der Waals surface area (Å²) in [4.78, 5) is 16.1. The van der Waals surface area contributed by atoms with Gasteiger partial charge in [0.2, 0.25) is 0 Å². The molecule has 0 bridgehead atoms. The highest BCUT2D eigenvalue weighted by molar-refractivity contribution is 8.00. The molecule has 1 unspecified atom stereocenters. The number of carbonyl (C=O) groups is 1. The lowest BCUT2D eigenvalue weighted by atomic mass is 10.2. The fraction of sp³-hybridized carbons (Fsp3) is 0.500. The standard InChI is InChI=1S/C12H16ClN3OS/c1-14-11-5-9(10(13)7-15-11)12(17)16-6-8-3-2-4-18-8/h5,7-8H,2-4,6H2,1H3,(H,14,15)(H,16,17). The van der Waals surface area contributed by atoms with E-state index >= 15 is 0 Å². The van der Waals surface area contributed by atoms with Crippen molar-refractivity contribution in [1.82, 2.24) is 10.3 Å². The van der Waals surface area contributed by atoms with Crippen LogP contribution in [-0.4, -0.2) is 35.5 Å². The van der Waals surface area contributed by atoms with Crippen LogP contribution in [0, 0.1) is 0 Å². The summed E-state index contributed by atoms with van der Waals surface area (Å²) in [5, 5.41) is 6.75. The number of aromatic nitrogens is 1. The lowest BCUT2D eigenvalue weighted by Gasteiger charge is -2.11. The first-order chi connectivity index (χ1) is 8.70. The van der Waals surface area contributed by atoms with E-state index in [9.17, 15) is 4.79 Å². The largest absolute Gasteiger partial charge is 0.373 e. The molecular formula is C12H16ClN3OS. The first-order valence-corrected chi connectivity index (χ1v) is 7.36. The smallest absolute Gasteiger partial charge is 0.253 e. The lowest BCUT2D eigenvalue weighted by Crippen LogP contribution is -2.30. The maximum absolute atomic E-state index is 12.0. The van der Waals surface area contributed by atoms with E-state index in [2.05, 4.69) is 15.6 Å². The van der Waals surface area contributed by atoms with Gasteiger partial charge in [-0.3, -0.25) is 4.79 Å². The third-order valence-electron chi connectivity index (χ3n) is 2.87. The summed E-state index contributed by atoms with van der Waals surface area (Å²) >= 11 is 7.91. The third kappa shape index (κ3) is 3.29. The van der Waals surface area contributed by atoms with Gasteiger partial charge in [-0.25, -0.2) is 4.98 Å². The minimum atomic E-state index is -0.133. The number of nitrogens with one attached hydrogen (secondary N) is 2. The molecule has 0 radical (unpaired) electrons. The molecule has 2 heterocycles. The van der Waals surface area contributed by atoms with Crippen LogP contribution in [0.4, 0.5) is 5.82 Å². The summed E-state index contributed by atoms with van der Waals surface area (Å²) < 4.78 is 0. The molecular weight excluding hydrogens is 270 g/mol. The average molecular weight is 286 g/mol. The Kier molecular flexibility index (Phi) is 4.72. The first kappa shape index (κ1) is 13.5. The van der Waals surface area contributed by atoms with Crippen molar-refractivity contribution in [3.63, 3.8) is 0 Å². The molecule has 1 atom stereocenters. The maximum atomic E-state index is 12.0. The average Bonchev–Trinajstić information content (AvgIpc) is 2.89. The number of anilines is 1. The number of amides is 1. The summed E-state index contributed by atoms with van der Waals surface area (Å²) in [5.41, 5.74) is 0.471. The van der Waals surface area contributed by atoms with Crippen molar-refractivity contribution < 1.29 is 4.79 Å². The van der Waals surface area contributed by atoms with E-state index in [0.717, 1.165) is 0 Å². The van der Waals surface area contributed by atoms with Crippen molar-refractivity contribution in [1.29, 1.82) is 0 Å². The number of hydrogen-bond acceptors (Lipinski definition) is 4. The van der Waals surface area contributed by atoms with E-state index in [1.165, 1.54) is 24.8 Å². The minimum Gasteiger partial charge on any atom is -0.373 e. The van der Waals surface area contributed by atoms with E-state index < -0.39 is 0 Å². The van der Waals surface area contributed by atoms with Crippen molar-refractivity contribution in [2.24, 2.45) is 0 Å². The van der Waals surface area contributed by atoms with Gasteiger partial charge in [-0.15, -0.1) is 0 Å². The highest BCUT2D eigenvalue weighted by Gasteiger charge is 2.18. The zero-order chi connectivity index (χ0) is 13.0. The number of rotatable bonds is 4. The minimum absolute atomic E-state index is 0.133. The SMILES string of the molecule is CNc1cc(C(=O)NCC2CCCS2)c(Cl)cn1. The first-order valence-electron chi connectivity index (χ1n) is 5.94. The van der Waals surface area contributed by atoms with Crippen molar-refractivity contribution in [2.75, 3.05) is 24.7 Å². The van der Waals surface area contributed by atoms with Crippen LogP contribution in [0.15, 0.2) is 12.3 Å². The zero-order valence-electron chi connectivity index (χ0n) is 10.2. The van der Waals surface area contributed by atoms with E-state index in [4.69, 9.17) is 11.6 Å². The number of nitrogens with zero attached hydrogens (tertiary/aromatic N) is 1. The van der Waals surface area contributed by atoms with Crippen LogP contribution in [0.1, 0.15) is 23.2 Å². The molecule has 2 rings (SSSR count). The summed E-state index contributed by atoms with van der Waals surface area (Å²) in [6.07, 6.45) is 3.91. The van der Waals surface area contributed by atoms with Crippen LogP contribution < -0.4 is 10.6 Å². The highest BCUT2D eigenvalue weighted by atomic mass is 35.5. The van der Waals surface area contributed by atoms with Crippen LogP contribution in [0.2, 0.25) is 5.02 Å². The molecule has 18 heavy (non-hydrogen) atoms. The molecule has 0 saturated carbocycles. The molecule has 1 aromatic rings. The fourth-order valence-electron chi connectivity index (χ4n) is 1.86. The maximum Gasteiger partial charge on any atom is 0.253 e. The highest BCUT2D eigenvalue weighted by Crippen LogP contribution is 2.25. The molecule has 0 spiro atoms. The molecule has 0 aromatic carbocycles. The molecule has 1 amide bonds. The van der Waals surface area contributed by atoms with Crippen molar-refractivity contribution in [2.45, 2.75) is 18.1 Å². The van der Waals surface area contributed by atoms with Crippen LogP contribution in [0.25, 0.3) is 0 Å². The Morgan fingerprint density at radius 1 is 1.67 bits per heavy atom. The second-order valence-electron chi connectivity index (χ2n) is 4.14. The summed E-state index contributed by atoms with van der Waals surface area (Å²) in [7, 11) is 1.76. The zero-order valence-corrected chi connectivity index (χ0v) is 11.8. The Labute approximate surface area is 116 Å². The molecule has 6 heteroatoms. The number of carbonyl (C=O) groups excluding carboxylic acids is 1. The summed E-state index contributed by atoms with van der Waals surface area (Å²) in [5.74, 6) is 1.70. The predicted molar refractivity (Wildman–Crippen MR) is 76.6 cm³/mol. The van der Waals surface area contributed by atoms with E-state index in [0.29, 0.717) is 28.2 Å². The number of halogens is 1. The van der Waals surface area contributed by atoms with E-state index in [-0.39, 0.29) is 5.91 Å². The lowest BCUT2D eigenvalue weighted by molar-refractivity contribution is 0.0954. The quantitative estimate of drug-likeness (QED) is 0.892. The topological polar surface area (TPSA) is 54.0 Å². The summed E-state index contributed by atoms with van der Waals surface area (Å²) in [6.45, 7) is 0.705. The van der Waals surface area contributed by atoms with Gasteiger partial charge in [0.15, 0.2) is 0 Å². The molecule has 1 aromatic heterocycles. The molecule has 4 nitrogen and oxygen atoms in total. The van der Waals surface area contributed by atoms with E-state index in [1.807, 2.05) is 11.8 Å². The number of pyridine rings is 1. The Morgan fingerprint density at radius 2 is 2.50 bits per heavy atom. The van der Waals surface area contributed by atoms with Crippen LogP contribution >= 0.6 is 23.4 Å². The van der Waals surface area contributed by atoms with Gasteiger partial charge in [-0.2, -0.15) is 11.8 Å². The van der Waals surface area contributed by atoms with Gasteiger partial charge in [0.1, 0.15) is 5.82 Å². The summed E-state index contributed by atoms with van der Waals surface area (Å²) in [6, 6.07) is 1.67. The van der Waals surface area contributed by atoms with Crippen LogP contribution in [0.5, 0.6) is 0 Å². The van der Waals surface area contributed by atoms with E-state index in [1.54, 1.807) is 13.1 Å². The second kappa shape index (κ2) is 6.29. The van der Waals surface area contributed by atoms with Gasteiger partial charge < -0.3 is 10.6 Å². The van der Waals surface area contributed by atoms with Crippen molar-refractivity contribution >= 4 is 35.1 Å². The molecule has 1 fully saturated rings. The second-order valence-corrected chi connectivity index (χ2v) is 5.96.